The summed E-state index contributed by atoms with van der Waals surface area (Å²) >= 11 is 0. The molecule has 0 spiro atoms. The van der Waals surface area contributed by atoms with E-state index in [4.69, 9.17) is 9.47 Å². The zero-order valence-corrected chi connectivity index (χ0v) is 29.5. The van der Waals surface area contributed by atoms with Gasteiger partial charge in [0.25, 0.3) is 0 Å². The molecule has 0 aromatic heterocycles. The third-order valence-electron chi connectivity index (χ3n) is 6.76. The first-order valence-corrected chi connectivity index (χ1v) is 17.8. The molecule has 2 rings (SSSR count). The molecule has 15 heteroatoms. The largest absolute Gasteiger partial charge is 0.466 e. The highest BCUT2D eigenvalue weighted by Crippen LogP contribution is 2.18. The maximum absolute atomic E-state index is 13.3. The molecular formula is C31H47N5O8S2. The summed E-state index contributed by atoms with van der Waals surface area (Å²) in [6.07, 6.45) is 0.147. The van der Waals surface area contributed by atoms with E-state index >= 15 is 0 Å². The number of carbonyl (C=O) groups excluding carboxylic acids is 2. The zero-order chi connectivity index (χ0) is 34.8. The van der Waals surface area contributed by atoms with Crippen LogP contribution in [0.3, 0.4) is 0 Å². The molecule has 256 valence electrons. The van der Waals surface area contributed by atoms with Crippen molar-refractivity contribution in [3.05, 3.63) is 59.7 Å². The van der Waals surface area contributed by atoms with Crippen molar-refractivity contribution in [3.8, 4) is 0 Å². The topological polar surface area (TPSA) is 164 Å². The summed E-state index contributed by atoms with van der Waals surface area (Å²) in [6.45, 7) is 12.1. The standard InChI is InChI=1S/C31H47N5O8S2/c1-9-35(45(39,40)26-15-11-24(3)12-16-26)21-19-32-23-31(28(37)43-8,34-29(38)44-30(5,6)7)33-20-22-36(10-2)46(41,42)27-17-13-25(4)14-18-27/h11-18,23,33H,9-10,19-22H2,1-8H3,(H,34,38). The molecule has 0 heterocycles. The number of carbonyl (C=O) groups is 2. The second-order valence-electron chi connectivity index (χ2n) is 11.5. The lowest BCUT2D eigenvalue weighted by atomic mass is 10.1. The summed E-state index contributed by atoms with van der Waals surface area (Å²) in [5.74, 6) is -0.953. The summed E-state index contributed by atoms with van der Waals surface area (Å²) in [7, 11) is -6.55. The van der Waals surface area contributed by atoms with Crippen molar-refractivity contribution in [2.24, 2.45) is 4.99 Å². The Labute approximate surface area is 273 Å². The Balaban J connectivity index is 2.33. The number of alkyl carbamates (subject to hydrolysis) is 1. The number of methoxy groups -OCH3 is 1. The lowest BCUT2D eigenvalue weighted by Gasteiger charge is -2.31. The molecule has 2 aromatic carbocycles. The van der Waals surface area contributed by atoms with Gasteiger partial charge in [-0.15, -0.1) is 0 Å². The van der Waals surface area contributed by atoms with E-state index in [1.165, 1.54) is 32.9 Å². The summed E-state index contributed by atoms with van der Waals surface area (Å²) in [5.41, 5.74) is -1.15. The van der Waals surface area contributed by atoms with Gasteiger partial charge in [-0.25, -0.2) is 26.4 Å². The summed E-state index contributed by atoms with van der Waals surface area (Å²) in [4.78, 5) is 30.6. The van der Waals surface area contributed by atoms with Crippen LogP contribution in [-0.4, -0.2) is 101 Å². The quantitative estimate of drug-likeness (QED) is 0.154. The Morgan fingerprint density at radius 2 is 1.28 bits per heavy atom. The van der Waals surface area contributed by atoms with Crippen molar-refractivity contribution in [2.45, 2.75) is 69.5 Å². The number of nitrogens with one attached hydrogen (secondary N) is 2. The van der Waals surface area contributed by atoms with Crippen LogP contribution >= 0.6 is 0 Å². The van der Waals surface area contributed by atoms with Crippen LogP contribution in [0.25, 0.3) is 0 Å². The van der Waals surface area contributed by atoms with E-state index in [-0.39, 0.29) is 49.1 Å². The molecule has 0 radical (unpaired) electrons. The molecule has 0 saturated carbocycles. The minimum atomic E-state index is -3.86. The first-order chi connectivity index (χ1) is 21.4. The number of ether oxygens (including phenoxy) is 2. The van der Waals surface area contributed by atoms with Crippen LogP contribution in [0.2, 0.25) is 0 Å². The third-order valence-corrected chi connectivity index (χ3v) is 10.7. The van der Waals surface area contributed by atoms with Crippen molar-refractivity contribution in [3.63, 3.8) is 0 Å². The fraction of sp³-hybridized carbons (Fsp3) is 0.516. The fourth-order valence-corrected chi connectivity index (χ4v) is 7.18. The highest BCUT2D eigenvalue weighted by atomic mass is 32.2. The van der Waals surface area contributed by atoms with E-state index in [9.17, 15) is 26.4 Å². The van der Waals surface area contributed by atoms with Gasteiger partial charge in [-0.2, -0.15) is 8.61 Å². The molecule has 0 aliphatic heterocycles. The lowest BCUT2D eigenvalue weighted by molar-refractivity contribution is -0.146. The van der Waals surface area contributed by atoms with Gasteiger partial charge in [0.15, 0.2) is 0 Å². The van der Waals surface area contributed by atoms with E-state index in [0.29, 0.717) is 0 Å². The SMILES string of the molecule is CCN(CCN=CC(NCCN(CC)S(=O)(=O)c1ccc(C)cc1)(NC(=O)OC(C)(C)C)C(=O)OC)S(=O)(=O)c1ccc(C)cc1. The highest BCUT2D eigenvalue weighted by molar-refractivity contribution is 7.89. The molecule has 0 saturated heterocycles. The normalized spacial score (nSPS) is 14.0. The number of rotatable bonds is 16. The second-order valence-corrected chi connectivity index (χ2v) is 15.4. The first kappa shape index (κ1) is 38.8. The first-order valence-electron chi connectivity index (χ1n) is 14.9. The lowest BCUT2D eigenvalue weighted by Crippen LogP contribution is -2.67. The van der Waals surface area contributed by atoms with Crippen LogP contribution < -0.4 is 10.6 Å². The van der Waals surface area contributed by atoms with Gasteiger partial charge >= 0.3 is 12.1 Å². The van der Waals surface area contributed by atoms with Crippen molar-refractivity contribution >= 4 is 38.3 Å². The number of sulfonamides is 2. The Hall–Kier alpha value is -3.37. The Morgan fingerprint density at radius 1 is 0.826 bits per heavy atom. The number of hydrogen-bond donors (Lipinski definition) is 2. The van der Waals surface area contributed by atoms with Crippen molar-refractivity contribution in [1.82, 2.24) is 19.2 Å². The minimum absolute atomic E-state index is 0.0225. The van der Waals surface area contributed by atoms with Gasteiger partial charge in [-0.05, 0) is 58.9 Å². The van der Waals surface area contributed by atoms with Gasteiger partial charge in [-0.3, -0.25) is 15.6 Å². The highest BCUT2D eigenvalue weighted by Gasteiger charge is 2.41. The zero-order valence-electron chi connectivity index (χ0n) is 27.9. The molecule has 1 atom stereocenters. The van der Waals surface area contributed by atoms with Gasteiger partial charge in [0.05, 0.1) is 29.7 Å². The number of aryl methyl sites for hydroxylation is 2. The Bertz CT molecular complexity index is 1560. The molecule has 0 bridgehead atoms. The molecule has 13 nitrogen and oxygen atoms in total. The smallest absolute Gasteiger partial charge is 0.409 e. The Morgan fingerprint density at radius 3 is 1.70 bits per heavy atom. The number of nitrogens with zero attached hydrogens (tertiary/aromatic N) is 3. The number of benzene rings is 2. The van der Waals surface area contributed by atoms with Crippen molar-refractivity contribution in [2.75, 3.05) is 46.4 Å². The minimum Gasteiger partial charge on any atom is -0.466 e. The maximum atomic E-state index is 13.3. The molecular weight excluding hydrogens is 635 g/mol. The van der Waals surface area contributed by atoms with Gasteiger partial charge in [0.2, 0.25) is 25.7 Å². The van der Waals surface area contributed by atoms with E-state index in [1.54, 1.807) is 58.9 Å². The number of hydrogen-bond acceptors (Lipinski definition) is 10. The fourth-order valence-electron chi connectivity index (χ4n) is 4.29. The number of amides is 1. The molecule has 0 aliphatic carbocycles. The maximum Gasteiger partial charge on any atom is 0.409 e. The average molecular weight is 682 g/mol. The summed E-state index contributed by atoms with van der Waals surface area (Å²) < 4.78 is 65.8. The Kier molecular flexibility index (Phi) is 13.9. The van der Waals surface area contributed by atoms with Crippen molar-refractivity contribution in [1.29, 1.82) is 0 Å². The van der Waals surface area contributed by atoms with E-state index in [1.807, 2.05) is 13.8 Å². The van der Waals surface area contributed by atoms with Crippen LogP contribution in [0.1, 0.15) is 45.7 Å². The van der Waals surface area contributed by atoms with Crippen LogP contribution in [0, 0.1) is 13.8 Å². The number of esters is 1. The predicted molar refractivity (Wildman–Crippen MR) is 177 cm³/mol. The molecule has 2 N–H and O–H groups in total. The second kappa shape index (κ2) is 16.5. The van der Waals surface area contributed by atoms with Crippen LogP contribution in [0.4, 0.5) is 4.79 Å². The third kappa shape index (κ3) is 10.6. The molecule has 2 aromatic rings. The number of likely N-dealkylation sites (N-methyl/N-ethyl adjacent to an activating group) is 2. The number of aliphatic imine (C=N–C) groups is 1. The van der Waals surface area contributed by atoms with Gasteiger partial charge in [0.1, 0.15) is 5.60 Å². The van der Waals surface area contributed by atoms with Crippen LogP contribution in [0.5, 0.6) is 0 Å². The molecule has 1 amide bonds. The van der Waals surface area contributed by atoms with Crippen LogP contribution in [0.15, 0.2) is 63.3 Å². The van der Waals surface area contributed by atoms with E-state index in [0.717, 1.165) is 24.5 Å². The van der Waals surface area contributed by atoms with Crippen molar-refractivity contribution < 1.29 is 35.9 Å². The van der Waals surface area contributed by atoms with E-state index < -0.39 is 43.4 Å². The molecule has 0 fully saturated rings. The summed E-state index contributed by atoms with van der Waals surface area (Å²) in [6, 6.07) is 12.9. The predicted octanol–water partition coefficient (Wildman–Crippen LogP) is 3.08. The van der Waals surface area contributed by atoms with Crippen LogP contribution in [-0.2, 0) is 34.3 Å². The van der Waals surface area contributed by atoms with Gasteiger partial charge in [-0.1, -0.05) is 49.2 Å². The van der Waals surface area contributed by atoms with Gasteiger partial charge in [0, 0.05) is 32.7 Å². The van der Waals surface area contributed by atoms with E-state index in [2.05, 4.69) is 15.6 Å². The molecule has 1 unspecified atom stereocenters. The molecule has 46 heavy (non-hydrogen) atoms. The molecule has 0 aliphatic rings. The van der Waals surface area contributed by atoms with Gasteiger partial charge < -0.3 is 9.47 Å². The monoisotopic (exact) mass is 681 g/mol. The average Bonchev–Trinajstić information content (AvgIpc) is 2.97. The summed E-state index contributed by atoms with van der Waals surface area (Å²) in [5, 5.41) is 5.36.